The number of aliphatic hydroxyl groups is 1. The van der Waals surface area contributed by atoms with Crippen LogP contribution in [-0.4, -0.2) is 22.2 Å². The summed E-state index contributed by atoms with van der Waals surface area (Å²) in [7, 11) is 1.88. The van der Waals surface area contributed by atoms with E-state index in [1.54, 1.807) is 0 Å². The number of carbonyl (C=O) groups excluding carboxylic acids is 1. The first-order valence-electron chi connectivity index (χ1n) is 6.04. The lowest BCUT2D eigenvalue weighted by Gasteiger charge is -2.12. The molecule has 0 saturated heterocycles. The van der Waals surface area contributed by atoms with E-state index in [9.17, 15) is 9.90 Å². The lowest BCUT2D eigenvalue weighted by molar-refractivity contribution is 0.159. The van der Waals surface area contributed by atoms with Gasteiger partial charge in [-0.3, -0.25) is 5.32 Å². The summed E-state index contributed by atoms with van der Waals surface area (Å²) in [5.41, 5.74) is 0.848. The molecule has 102 valence electrons. The molecule has 2 aromatic rings. The topological polar surface area (TPSA) is 66.3 Å². The highest BCUT2D eigenvalue weighted by atomic mass is 32.1. The van der Waals surface area contributed by atoms with E-state index in [2.05, 4.69) is 10.6 Å². The van der Waals surface area contributed by atoms with E-state index in [0.29, 0.717) is 13.0 Å². The number of nitrogens with one attached hydrogen (secondary N) is 2. The van der Waals surface area contributed by atoms with Crippen molar-refractivity contribution < 1.29 is 9.90 Å². The Balaban J connectivity index is 1.72. The van der Waals surface area contributed by atoms with E-state index in [4.69, 9.17) is 0 Å². The number of carbonyl (C=O) groups is 1. The van der Waals surface area contributed by atoms with Crippen molar-refractivity contribution in [1.29, 1.82) is 0 Å². The highest BCUT2D eigenvalue weighted by Crippen LogP contribution is 2.16. The predicted octanol–water partition coefficient (Wildman–Crippen LogP) is 2.33. The molecule has 3 N–H and O–H groups in total. The van der Waals surface area contributed by atoms with Crippen LogP contribution in [0.2, 0.25) is 0 Å². The quantitative estimate of drug-likeness (QED) is 0.786. The van der Waals surface area contributed by atoms with Crippen molar-refractivity contribution in [2.75, 3.05) is 11.9 Å². The summed E-state index contributed by atoms with van der Waals surface area (Å²) in [6.07, 6.45) is 1.80. The maximum Gasteiger partial charge on any atom is 0.319 e. The van der Waals surface area contributed by atoms with E-state index >= 15 is 0 Å². The number of anilines is 1. The number of hydrogen-bond donors (Lipinski definition) is 3. The van der Waals surface area contributed by atoms with E-state index in [1.165, 1.54) is 11.3 Å². The third kappa shape index (κ3) is 3.84. The predicted molar refractivity (Wildman–Crippen MR) is 76.3 cm³/mol. The minimum Gasteiger partial charge on any atom is -0.387 e. The molecule has 0 aliphatic heterocycles. The van der Waals surface area contributed by atoms with Crippen LogP contribution in [0.3, 0.4) is 0 Å². The molecule has 0 bridgehead atoms. The number of aromatic nitrogens is 1. The Morgan fingerprint density at radius 3 is 2.95 bits per heavy atom. The van der Waals surface area contributed by atoms with Crippen molar-refractivity contribution in [3.05, 3.63) is 41.5 Å². The average molecular weight is 279 g/mol. The lowest BCUT2D eigenvalue weighted by atomic mass is 10.2. The smallest absolute Gasteiger partial charge is 0.319 e. The Bertz CT molecular complexity index is 522. The molecule has 0 aliphatic carbocycles. The van der Waals surface area contributed by atoms with Crippen molar-refractivity contribution in [3.8, 4) is 0 Å². The zero-order chi connectivity index (χ0) is 13.7. The largest absolute Gasteiger partial charge is 0.387 e. The summed E-state index contributed by atoms with van der Waals surface area (Å²) < 4.78 is 1.87. The van der Waals surface area contributed by atoms with Crippen LogP contribution in [0.5, 0.6) is 0 Å². The zero-order valence-corrected chi connectivity index (χ0v) is 11.5. The van der Waals surface area contributed by atoms with Gasteiger partial charge in [-0.25, -0.2) is 4.79 Å². The molecule has 1 atom stereocenters. The van der Waals surface area contributed by atoms with Gasteiger partial charge < -0.3 is 15.0 Å². The van der Waals surface area contributed by atoms with Crippen LogP contribution < -0.4 is 10.6 Å². The van der Waals surface area contributed by atoms with Gasteiger partial charge in [0.1, 0.15) is 0 Å². The monoisotopic (exact) mass is 279 g/mol. The van der Waals surface area contributed by atoms with E-state index in [1.807, 2.05) is 47.5 Å². The maximum atomic E-state index is 11.5. The first-order valence-corrected chi connectivity index (χ1v) is 6.92. The number of urea groups is 1. The molecule has 6 heteroatoms. The molecule has 19 heavy (non-hydrogen) atoms. The molecule has 2 heterocycles. The van der Waals surface area contributed by atoms with Gasteiger partial charge in [0.2, 0.25) is 0 Å². The molecule has 2 rings (SSSR count). The van der Waals surface area contributed by atoms with Gasteiger partial charge >= 0.3 is 6.03 Å². The molecule has 0 radical (unpaired) electrons. The van der Waals surface area contributed by atoms with Gasteiger partial charge in [-0.05, 0) is 36.1 Å². The molecule has 0 unspecified atom stereocenters. The molecular formula is C13H17N3O2S. The summed E-state index contributed by atoms with van der Waals surface area (Å²) in [5.74, 6) is 0. The second kappa shape index (κ2) is 6.40. The van der Waals surface area contributed by atoms with E-state index in [-0.39, 0.29) is 6.03 Å². The van der Waals surface area contributed by atoms with E-state index in [0.717, 1.165) is 10.7 Å². The fraction of sp³-hybridized carbons (Fsp3) is 0.308. The van der Waals surface area contributed by atoms with Crippen LogP contribution in [0.25, 0.3) is 0 Å². The fourth-order valence-corrected chi connectivity index (χ4v) is 2.41. The number of rotatable bonds is 5. The summed E-state index contributed by atoms with van der Waals surface area (Å²) in [6.45, 7) is 0.420. The van der Waals surface area contributed by atoms with Crippen molar-refractivity contribution in [3.63, 3.8) is 0 Å². The van der Waals surface area contributed by atoms with Crippen LogP contribution >= 0.6 is 11.3 Å². The van der Waals surface area contributed by atoms with Gasteiger partial charge in [0.15, 0.2) is 0 Å². The minimum absolute atomic E-state index is 0.249. The van der Waals surface area contributed by atoms with Gasteiger partial charge in [0.05, 0.1) is 11.1 Å². The van der Waals surface area contributed by atoms with Gasteiger partial charge in [0, 0.05) is 25.5 Å². The highest BCUT2D eigenvalue weighted by Gasteiger charge is 2.10. The standard InChI is InChI=1S/C13H17N3O2S/c1-16-8-2-4-10(16)11(17)6-7-14-13(18)15-12-5-3-9-19-12/h2-5,8-9,11,17H,6-7H2,1H3,(H2,14,15,18)/t11-/m1/s1. The van der Waals surface area contributed by atoms with Gasteiger partial charge in [-0.15, -0.1) is 11.3 Å². The van der Waals surface area contributed by atoms with Crippen LogP contribution in [0.4, 0.5) is 9.80 Å². The summed E-state index contributed by atoms with van der Waals surface area (Å²) in [5, 5.41) is 18.1. The minimum atomic E-state index is -0.568. The number of nitrogens with zero attached hydrogens (tertiary/aromatic N) is 1. The Morgan fingerprint density at radius 1 is 1.47 bits per heavy atom. The van der Waals surface area contributed by atoms with Gasteiger partial charge in [-0.2, -0.15) is 0 Å². The number of amides is 2. The summed E-state index contributed by atoms with van der Waals surface area (Å²) in [4.78, 5) is 11.5. The van der Waals surface area contributed by atoms with Gasteiger partial charge in [-0.1, -0.05) is 0 Å². The third-order valence-corrected chi connectivity index (χ3v) is 3.57. The van der Waals surface area contributed by atoms with Crippen molar-refractivity contribution >= 4 is 22.4 Å². The normalized spacial score (nSPS) is 12.1. The molecule has 0 saturated carbocycles. The third-order valence-electron chi connectivity index (χ3n) is 2.79. The van der Waals surface area contributed by atoms with Crippen LogP contribution in [-0.2, 0) is 7.05 Å². The highest BCUT2D eigenvalue weighted by molar-refractivity contribution is 7.14. The number of aryl methyl sites for hydroxylation is 1. The molecule has 5 nitrogen and oxygen atoms in total. The lowest BCUT2D eigenvalue weighted by Crippen LogP contribution is -2.30. The Kier molecular flexibility index (Phi) is 4.59. The number of thiophene rings is 1. The SMILES string of the molecule is Cn1cccc1[C@H](O)CCNC(=O)Nc1cccs1. The molecule has 0 aliphatic rings. The molecule has 0 aromatic carbocycles. The number of aliphatic hydroxyl groups excluding tert-OH is 1. The zero-order valence-electron chi connectivity index (χ0n) is 10.7. The molecule has 2 amide bonds. The maximum absolute atomic E-state index is 11.5. The number of hydrogen-bond acceptors (Lipinski definition) is 3. The van der Waals surface area contributed by atoms with Crippen molar-refractivity contribution in [2.45, 2.75) is 12.5 Å². The van der Waals surface area contributed by atoms with Crippen LogP contribution in [0.1, 0.15) is 18.2 Å². The fourth-order valence-electron chi connectivity index (χ4n) is 1.80. The van der Waals surface area contributed by atoms with E-state index < -0.39 is 6.10 Å². The van der Waals surface area contributed by atoms with Crippen LogP contribution in [0, 0.1) is 0 Å². The summed E-state index contributed by atoms with van der Waals surface area (Å²) in [6, 6.07) is 7.22. The van der Waals surface area contributed by atoms with Gasteiger partial charge in [0.25, 0.3) is 0 Å². The Hall–Kier alpha value is -1.79. The van der Waals surface area contributed by atoms with Crippen molar-refractivity contribution in [2.24, 2.45) is 7.05 Å². The molecule has 2 aromatic heterocycles. The Morgan fingerprint density at radius 2 is 2.32 bits per heavy atom. The second-order valence-electron chi connectivity index (χ2n) is 4.21. The molecular weight excluding hydrogens is 262 g/mol. The molecule has 0 fully saturated rings. The Labute approximate surface area is 115 Å². The van der Waals surface area contributed by atoms with Crippen molar-refractivity contribution in [1.82, 2.24) is 9.88 Å². The summed E-state index contributed by atoms with van der Waals surface area (Å²) >= 11 is 1.47. The first-order chi connectivity index (χ1) is 9.16. The first kappa shape index (κ1) is 13.6. The molecule has 0 spiro atoms. The average Bonchev–Trinajstić information content (AvgIpc) is 3.00. The van der Waals surface area contributed by atoms with Crippen LogP contribution in [0.15, 0.2) is 35.8 Å². The second-order valence-corrected chi connectivity index (χ2v) is 5.15.